The number of H-pyrrole nitrogens is 1. The van der Waals surface area contributed by atoms with E-state index in [0.717, 1.165) is 17.3 Å². The number of benzene rings is 2. The Kier molecular flexibility index (Phi) is 7.54. The molecule has 176 valence electrons. The topological polar surface area (TPSA) is 150 Å². The van der Waals surface area contributed by atoms with Crippen molar-refractivity contribution in [3.8, 4) is 0 Å². The number of nitrogens with one attached hydrogen (secondary N) is 3. The minimum absolute atomic E-state index is 0.0630. The molecule has 0 saturated carbocycles. The first-order chi connectivity index (χ1) is 16.2. The number of nitrogens with zero attached hydrogens (tertiary/aromatic N) is 1. The first kappa shape index (κ1) is 24.3. The summed E-state index contributed by atoms with van der Waals surface area (Å²) in [5, 5.41) is 12.6. The van der Waals surface area contributed by atoms with Gasteiger partial charge in [-0.3, -0.25) is 14.4 Å². The van der Waals surface area contributed by atoms with Crippen molar-refractivity contribution in [2.75, 3.05) is 0 Å². The van der Waals surface area contributed by atoms with E-state index in [2.05, 4.69) is 20.1 Å². The van der Waals surface area contributed by atoms with Gasteiger partial charge in [0.05, 0.1) is 6.04 Å². The number of hydrogen-bond acceptors (Lipinski definition) is 7. The molecule has 4 N–H and O–H groups in total. The highest BCUT2D eigenvalue weighted by molar-refractivity contribution is 5.95. The van der Waals surface area contributed by atoms with Crippen LogP contribution in [0.3, 0.4) is 0 Å². The Bertz CT molecular complexity index is 1190. The van der Waals surface area contributed by atoms with Crippen LogP contribution in [0.1, 0.15) is 58.4 Å². The van der Waals surface area contributed by atoms with E-state index in [1.54, 1.807) is 6.92 Å². The van der Waals surface area contributed by atoms with Gasteiger partial charge in [0.2, 0.25) is 5.82 Å². The number of rotatable bonds is 7. The van der Waals surface area contributed by atoms with Crippen molar-refractivity contribution in [1.82, 2.24) is 20.8 Å². The second-order valence-corrected chi connectivity index (χ2v) is 7.65. The first-order valence-electron chi connectivity index (χ1n) is 10.5. The van der Waals surface area contributed by atoms with Gasteiger partial charge in [-0.25, -0.2) is 9.78 Å². The van der Waals surface area contributed by atoms with E-state index in [1.807, 2.05) is 66.1 Å². The SMILES string of the molecule is CCC(C)(O)C(=O)ONC(=O)c1ncc(C(=O)NC(c2ccccc2)c2ccccc2)c(=O)[nH]1. The average Bonchev–Trinajstić information content (AvgIpc) is 2.86. The minimum atomic E-state index is -1.79. The van der Waals surface area contributed by atoms with Crippen molar-refractivity contribution < 1.29 is 24.3 Å². The van der Waals surface area contributed by atoms with Gasteiger partial charge in [0, 0.05) is 6.20 Å². The number of hydroxylamine groups is 1. The van der Waals surface area contributed by atoms with E-state index in [-0.39, 0.29) is 12.0 Å². The highest BCUT2D eigenvalue weighted by atomic mass is 16.7. The Morgan fingerprint density at radius 2 is 1.59 bits per heavy atom. The lowest BCUT2D eigenvalue weighted by Crippen LogP contribution is -2.41. The Morgan fingerprint density at radius 1 is 1.03 bits per heavy atom. The molecule has 0 aliphatic heterocycles. The largest absolute Gasteiger partial charge is 0.378 e. The Balaban J connectivity index is 1.76. The summed E-state index contributed by atoms with van der Waals surface area (Å²) in [6.45, 7) is 2.79. The second-order valence-electron chi connectivity index (χ2n) is 7.65. The standard InChI is InChI=1S/C24H24N4O6/c1-3-24(2,33)23(32)34-28-22(31)19-25-14-17(21(30)27-19)20(29)26-18(15-10-6-4-7-11-15)16-12-8-5-9-13-16/h4-14,18,33H,3H2,1-2H3,(H,26,29)(H,28,31)(H,25,27,30). The minimum Gasteiger partial charge on any atom is -0.378 e. The number of amides is 2. The normalized spacial score (nSPS) is 12.5. The van der Waals surface area contributed by atoms with Gasteiger partial charge in [-0.1, -0.05) is 67.6 Å². The number of aliphatic hydroxyl groups is 1. The molecular formula is C24H24N4O6. The molecule has 34 heavy (non-hydrogen) atoms. The molecule has 0 spiro atoms. The van der Waals surface area contributed by atoms with Gasteiger partial charge < -0.3 is 20.2 Å². The maximum absolute atomic E-state index is 12.9. The summed E-state index contributed by atoms with van der Waals surface area (Å²) in [6.07, 6.45) is 1.02. The lowest BCUT2D eigenvalue weighted by Gasteiger charge is -2.19. The monoisotopic (exact) mass is 464 g/mol. The van der Waals surface area contributed by atoms with E-state index < -0.39 is 40.8 Å². The molecule has 1 heterocycles. The van der Waals surface area contributed by atoms with E-state index in [1.165, 1.54) is 6.92 Å². The van der Waals surface area contributed by atoms with E-state index in [4.69, 9.17) is 0 Å². The third kappa shape index (κ3) is 5.73. The molecular weight excluding hydrogens is 440 g/mol. The third-order valence-electron chi connectivity index (χ3n) is 5.16. The van der Waals surface area contributed by atoms with Crippen molar-refractivity contribution >= 4 is 17.8 Å². The summed E-state index contributed by atoms with van der Waals surface area (Å²) in [5.41, 5.74) is 0.482. The highest BCUT2D eigenvalue weighted by Crippen LogP contribution is 2.22. The predicted molar refractivity (Wildman–Crippen MR) is 122 cm³/mol. The zero-order valence-electron chi connectivity index (χ0n) is 18.6. The van der Waals surface area contributed by atoms with Crippen LogP contribution in [0, 0.1) is 0 Å². The van der Waals surface area contributed by atoms with Gasteiger partial charge in [-0.2, -0.15) is 5.48 Å². The zero-order valence-corrected chi connectivity index (χ0v) is 18.6. The number of hydrogen-bond donors (Lipinski definition) is 4. The van der Waals surface area contributed by atoms with E-state index >= 15 is 0 Å². The Morgan fingerprint density at radius 3 is 2.09 bits per heavy atom. The van der Waals surface area contributed by atoms with Gasteiger partial charge in [-0.15, -0.1) is 0 Å². The van der Waals surface area contributed by atoms with Crippen LogP contribution in [0.25, 0.3) is 0 Å². The first-order valence-corrected chi connectivity index (χ1v) is 10.5. The molecule has 0 aliphatic rings. The summed E-state index contributed by atoms with van der Waals surface area (Å²) in [6, 6.07) is 17.9. The van der Waals surface area contributed by atoms with Gasteiger partial charge >= 0.3 is 11.9 Å². The van der Waals surface area contributed by atoms with Crippen LogP contribution in [0.15, 0.2) is 71.7 Å². The molecule has 2 aromatic carbocycles. The van der Waals surface area contributed by atoms with E-state index in [0.29, 0.717) is 0 Å². The highest BCUT2D eigenvalue weighted by Gasteiger charge is 2.31. The molecule has 0 aliphatic carbocycles. The molecule has 0 radical (unpaired) electrons. The van der Waals surface area contributed by atoms with Crippen LogP contribution in [0.4, 0.5) is 0 Å². The smallest absolute Gasteiger partial charge is 0.363 e. The van der Waals surface area contributed by atoms with Gasteiger partial charge in [0.1, 0.15) is 5.56 Å². The van der Waals surface area contributed by atoms with Crippen molar-refractivity contribution in [1.29, 1.82) is 0 Å². The number of aromatic nitrogens is 2. The van der Waals surface area contributed by atoms with Crippen molar-refractivity contribution in [3.63, 3.8) is 0 Å². The van der Waals surface area contributed by atoms with Gasteiger partial charge in [0.15, 0.2) is 5.60 Å². The van der Waals surface area contributed by atoms with E-state index in [9.17, 15) is 24.3 Å². The quantitative estimate of drug-likeness (QED) is 0.388. The fourth-order valence-electron chi connectivity index (χ4n) is 2.93. The number of carbonyl (C=O) groups excluding carboxylic acids is 3. The fraction of sp³-hybridized carbons (Fsp3) is 0.208. The summed E-state index contributed by atoms with van der Waals surface area (Å²) in [7, 11) is 0. The number of carbonyl (C=O) groups is 3. The molecule has 2 amide bonds. The predicted octanol–water partition coefficient (Wildman–Crippen LogP) is 1.64. The molecule has 0 saturated heterocycles. The van der Waals surface area contributed by atoms with Crippen LogP contribution in [0.5, 0.6) is 0 Å². The molecule has 0 bridgehead atoms. The van der Waals surface area contributed by atoms with Crippen LogP contribution in [0.2, 0.25) is 0 Å². The maximum atomic E-state index is 12.9. The molecule has 10 nitrogen and oxygen atoms in total. The molecule has 1 atom stereocenters. The van der Waals surface area contributed by atoms with Crippen molar-refractivity contribution in [3.05, 3.63) is 99.7 Å². The summed E-state index contributed by atoms with van der Waals surface area (Å²) in [4.78, 5) is 59.8. The summed E-state index contributed by atoms with van der Waals surface area (Å²) >= 11 is 0. The Labute approximate surface area is 195 Å². The fourth-order valence-corrected chi connectivity index (χ4v) is 2.93. The van der Waals surface area contributed by atoms with Crippen molar-refractivity contribution in [2.45, 2.75) is 31.9 Å². The molecule has 1 aromatic heterocycles. The molecule has 10 heteroatoms. The lowest BCUT2D eigenvalue weighted by atomic mass is 9.98. The van der Waals surface area contributed by atoms with Gasteiger partial charge in [0.25, 0.3) is 11.5 Å². The van der Waals surface area contributed by atoms with Crippen LogP contribution in [-0.4, -0.2) is 38.5 Å². The lowest BCUT2D eigenvalue weighted by molar-refractivity contribution is -0.169. The van der Waals surface area contributed by atoms with Crippen LogP contribution in [-0.2, 0) is 9.63 Å². The summed E-state index contributed by atoms with van der Waals surface area (Å²) in [5.74, 6) is -3.28. The van der Waals surface area contributed by atoms with Crippen molar-refractivity contribution in [2.24, 2.45) is 0 Å². The zero-order chi connectivity index (χ0) is 24.7. The maximum Gasteiger partial charge on any atom is 0.363 e. The van der Waals surface area contributed by atoms with Gasteiger partial charge in [-0.05, 0) is 24.5 Å². The number of aromatic amines is 1. The molecule has 0 fully saturated rings. The molecule has 1 unspecified atom stereocenters. The van der Waals surface area contributed by atoms with Crippen LogP contribution < -0.4 is 16.4 Å². The third-order valence-corrected chi connectivity index (χ3v) is 5.16. The molecule has 3 rings (SSSR count). The molecule has 3 aromatic rings. The summed E-state index contributed by atoms with van der Waals surface area (Å²) < 4.78 is 0. The second kappa shape index (κ2) is 10.5. The Hall–Kier alpha value is -4.31. The average molecular weight is 464 g/mol. The van der Waals surface area contributed by atoms with Crippen LogP contribution >= 0.6 is 0 Å².